The molecule has 0 bridgehead atoms. The number of hydrogen-bond acceptors (Lipinski definition) is 4. The number of nitrogens with zero attached hydrogens (tertiary/aromatic N) is 2. The maximum atomic E-state index is 12.1. The highest BCUT2D eigenvalue weighted by Crippen LogP contribution is 2.24. The zero-order valence-electron chi connectivity index (χ0n) is 11.9. The van der Waals surface area contributed by atoms with E-state index < -0.39 is 0 Å². The van der Waals surface area contributed by atoms with E-state index in [1.807, 2.05) is 35.2 Å². The Kier molecular flexibility index (Phi) is 3.73. The summed E-state index contributed by atoms with van der Waals surface area (Å²) in [4.78, 5) is 18.5. The highest BCUT2D eigenvalue weighted by molar-refractivity contribution is 5.94. The van der Waals surface area contributed by atoms with Gasteiger partial charge in [-0.25, -0.2) is 4.98 Å². The lowest BCUT2D eigenvalue weighted by Gasteiger charge is -2.17. The van der Waals surface area contributed by atoms with Crippen molar-refractivity contribution in [3.05, 3.63) is 48.2 Å². The summed E-state index contributed by atoms with van der Waals surface area (Å²) in [6, 6.07) is 11.3. The van der Waals surface area contributed by atoms with Gasteiger partial charge < -0.3 is 15.0 Å². The molecule has 0 aliphatic carbocycles. The lowest BCUT2D eigenvalue weighted by Crippen LogP contribution is -2.32. The quantitative estimate of drug-likeness (QED) is 0.933. The average molecular weight is 283 g/mol. The smallest absolute Gasteiger partial charge is 0.243 e. The van der Waals surface area contributed by atoms with Crippen LogP contribution < -0.4 is 15.0 Å². The third kappa shape index (κ3) is 2.97. The maximum absolute atomic E-state index is 12.1. The van der Waals surface area contributed by atoms with Crippen LogP contribution in [0.15, 0.2) is 42.6 Å². The zero-order valence-corrected chi connectivity index (χ0v) is 11.9. The lowest BCUT2D eigenvalue weighted by atomic mass is 10.2. The number of rotatable bonds is 4. The van der Waals surface area contributed by atoms with Crippen LogP contribution in [0.5, 0.6) is 5.75 Å². The van der Waals surface area contributed by atoms with Crippen LogP contribution in [-0.4, -0.2) is 31.1 Å². The molecule has 0 unspecified atom stereocenters. The van der Waals surface area contributed by atoms with Crippen molar-refractivity contribution in [2.75, 3.05) is 30.4 Å². The van der Waals surface area contributed by atoms with E-state index in [1.54, 1.807) is 13.3 Å². The van der Waals surface area contributed by atoms with E-state index in [0.29, 0.717) is 6.54 Å². The molecule has 1 aliphatic rings. The molecule has 0 spiro atoms. The largest absolute Gasteiger partial charge is 0.497 e. The molecule has 21 heavy (non-hydrogen) atoms. The van der Waals surface area contributed by atoms with E-state index in [4.69, 9.17) is 4.74 Å². The molecule has 2 heterocycles. The minimum atomic E-state index is -0.0429. The van der Waals surface area contributed by atoms with Gasteiger partial charge in [-0.2, -0.15) is 0 Å². The summed E-state index contributed by atoms with van der Waals surface area (Å²) in [7, 11) is 1.62. The fourth-order valence-corrected chi connectivity index (χ4v) is 2.47. The molecule has 108 valence electrons. The molecular weight excluding hydrogens is 266 g/mol. The van der Waals surface area contributed by atoms with Crippen LogP contribution in [0.3, 0.4) is 0 Å². The summed E-state index contributed by atoms with van der Waals surface area (Å²) in [5.41, 5.74) is 1.97. The van der Waals surface area contributed by atoms with Crippen LogP contribution >= 0.6 is 0 Å². The van der Waals surface area contributed by atoms with Crippen LogP contribution in [0.2, 0.25) is 0 Å². The summed E-state index contributed by atoms with van der Waals surface area (Å²) in [5, 5.41) is 2.89. The Morgan fingerprint density at radius 1 is 1.33 bits per heavy atom. The summed E-state index contributed by atoms with van der Waals surface area (Å²) < 4.78 is 5.09. The van der Waals surface area contributed by atoms with Gasteiger partial charge in [0, 0.05) is 18.4 Å². The molecule has 5 heteroatoms. The Bertz CT molecular complexity index is 640. The molecule has 2 aromatic rings. The van der Waals surface area contributed by atoms with E-state index in [-0.39, 0.29) is 5.91 Å². The number of anilines is 2. The fraction of sp³-hybridized carbons (Fsp3) is 0.250. The third-order valence-electron chi connectivity index (χ3n) is 3.53. The predicted octanol–water partition coefficient (Wildman–Crippen LogP) is 2.09. The van der Waals surface area contributed by atoms with Gasteiger partial charge in [-0.1, -0.05) is 6.07 Å². The van der Waals surface area contributed by atoms with Gasteiger partial charge in [0.05, 0.1) is 13.7 Å². The van der Waals surface area contributed by atoms with Crippen LogP contribution in [0.25, 0.3) is 0 Å². The molecule has 0 atom stereocenters. The Balaban J connectivity index is 1.62. The second kappa shape index (κ2) is 5.83. The molecule has 1 aliphatic heterocycles. The molecule has 1 aromatic heterocycles. The van der Waals surface area contributed by atoms with Crippen LogP contribution in [0, 0.1) is 0 Å². The number of ether oxygens (including phenoxy) is 1. The number of aromatic nitrogens is 1. The predicted molar refractivity (Wildman–Crippen MR) is 81.8 cm³/mol. The third-order valence-corrected chi connectivity index (χ3v) is 3.53. The highest BCUT2D eigenvalue weighted by atomic mass is 16.5. The number of nitrogens with one attached hydrogen (secondary N) is 1. The summed E-state index contributed by atoms with van der Waals surface area (Å²) in [6.07, 6.45) is 2.71. The second-order valence-electron chi connectivity index (χ2n) is 4.93. The van der Waals surface area contributed by atoms with Crippen molar-refractivity contribution in [1.82, 2.24) is 4.98 Å². The Morgan fingerprint density at radius 3 is 2.90 bits per heavy atom. The molecule has 0 saturated carbocycles. The standard InChI is InChI=1S/C16H17N3O2/c1-21-14-6-4-13(5-7-14)18-15(20)11-19-10-8-12-3-2-9-17-16(12)19/h2-7,9H,8,10-11H2,1H3,(H,18,20). The topological polar surface area (TPSA) is 54.5 Å². The first-order chi connectivity index (χ1) is 10.3. The molecule has 1 amide bonds. The monoisotopic (exact) mass is 283 g/mol. The first-order valence-corrected chi connectivity index (χ1v) is 6.89. The number of benzene rings is 1. The van der Waals surface area contributed by atoms with Gasteiger partial charge in [0.1, 0.15) is 11.6 Å². The first kappa shape index (κ1) is 13.4. The van der Waals surface area contributed by atoms with Crippen molar-refractivity contribution in [3.63, 3.8) is 0 Å². The number of methoxy groups -OCH3 is 1. The minimum Gasteiger partial charge on any atom is -0.497 e. The molecule has 3 rings (SSSR count). The number of carbonyl (C=O) groups is 1. The normalized spacial score (nSPS) is 12.9. The van der Waals surface area contributed by atoms with Gasteiger partial charge in [0.2, 0.25) is 5.91 Å². The molecule has 0 radical (unpaired) electrons. The number of fused-ring (bicyclic) bond motifs is 1. The number of amides is 1. The average Bonchev–Trinajstić information content (AvgIpc) is 2.91. The summed E-state index contributed by atoms with van der Waals surface area (Å²) >= 11 is 0. The van der Waals surface area contributed by atoms with E-state index in [1.165, 1.54) is 5.56 Å². The van der Waals surface area contributed by atoms with E-state index in [2.05, 4.69) is 16.4 Å². The van der Waals surface area contributed by atoms with Crippen LogP contribution in [0.4, 0.5) is 11.5 Å². The lowest BCUT2D eigenvalue weighted by molar-refractivity contribution is -0.115. The molecule has 1 aromatic carbocycles. The van der Waals surface area contributed by atoms with E-state index in [0.717, 1.165) is 30.2 Å². The van der Waals surface area contributed by atoms with E-state index >= 15 is 0 Å². The van der Waals surface area contributed by atoms with Gasteiger partial charge in [-0.15, -0.1) is 0 Å². The SMILES string of the molecule is COc1ccc(NC(=O)CN2CCc3cccnc32)cc1. The van der Waals surface area contributed by atoms with Gasteiger partial charge in [0.25, 0.3) is 0 Å². The second-order valence-corrected chi connectivity index (χ2v) is 4.93. The van der Waals surface area contributed by atoms with Crippen molar-refractivity contribution >= 4 is 17.4 Å². The van der Waals surface area contributed by atoms with Crippen LogP contribution in [-0.2, 0) is 11.2 Å². The molecule has 0 fully saturated rings. The maximum Gasteiger partial charge on any atom is 0.243 e. The number of carbonyl (C=O) groups excluding carboxylic acids is 1. The Hall–Kier alpha value is -2.56. The van der Waals surface area contributed by atoms with Crippen molar-refractivity contribution in [1.29, 1.82) is 0 Å². The van der Waals surface area contributed by atoms with Crippen molar-refractivity contribution < 1.29 is 9.53 Å². The van der Waals surface area contributed by atoms with Gasteiger partial charge >= 0.3 is 0 Å². The fourth-order valence-electron chi connectivity index (χ4n) is 2.47. The molecular formula is C16H17N3O2. The Labute approximate surface area is 123 Å². The van der Waals surface area contributed by atoms with Crippen molar-refractivity contribution in [2.45, 2.75) is 6.42 Å². The van der Waals surface area contributed by atoms with Crippen molar-refractivity contribution in [2.24, 2.45) is 0 Å². The van der Waals surface area contributed by atoms with Crippen molar-refractivity contribution in [3.8, 4) is 5.75 Å². The van der Waals surface area contributed by atoms with Gasteiger partial charge in [0.15, 0.2) is 0 Å². The summed E-state index contributed by atoms with van der Waals surface area (Å²) in [6.45, 7) is 1.15. The number of hydrogen-bond donors (Lipinski definition) is 1. The molecule has 0 saturated heterocycles. The van der Waals surface area contributed by atoms with Gasteiger partial charge in [-0.05, 0) is 42.3 Å². The van der Waals surface area contributed by atoms with Crippen LogP contribution in [0.1, 0.15) is 5.56 Å². The first-order valence-electron chi connectivity index (χ1n) is 6.89. The minimum absolute atomic E-state index is 0.0429. The van der Waals surface area contributed by atoms with Gasteiger partial charge in [-0.3, -0.25) is 4.79 Å². The number of pyridine rings is 1. The van der Waals surface area contributed by atoms with E-state index in [9.17, 15) is 4.79 Å². The zero-order chi connectivity index (χ0) is 14.7. The molecule has 1 N–H and O–H groups in total. The molecule has 5 nitrogen and oxygen atoms in total. The summed E-state index contributed by atoms with van der Waals surface area (Å²) in [5.74, 6) is 1.65. The Morgan fingerprint density at radius 2 is 2.14 bits per heavy atom. The highest BCUT2D eigenvalue weighted by Gasteiger charge is 2.21.